The molecule has 4 N–H and O–H groups in total. The topological polar surface area (TPSA) is 48.1 Å². The van der Waals surface area contributed by atoms with Crippen LogP contribution in [0.1, 0.15) is 52.4 Å². The van der Waals surface area contributed by atoms with Gasteiger partial charge in [-0.1, -0.05) is 81.6 Å². The molecule has 1 aromatic rings. The van der Waals surface area contributed by atoms with Gasteiger partial charge in [-0.05, 0) is 31.0 Å². The largest absolute Gasteiger partial charge is 0.379 e. The zero-order valence-electron chi connectivity index (χ0n) is 16.6. The number of nitrogens with one attached hydrogen (secondary N) is 4. The number of rotatable bonds is 12. The van der Waals surface area contributed by atoms with Crippen LogP contribution >= 0.6 is 48.9 Å². The van der Waals surface area contributed by atoms with Gasteiger partial charge < -0.3 is 21.3 Å². The first-order valence-corrected chi connectivity index (χ1v) is 11.3. The second-order valence-corrected chi connectivity index (χ2v) is 8.41. The average molecular weight is 455 g/mol. The van der Waals surface area contributed by atoms with Gasteiger partial charge in [0, 0.05) is 37.3 Å². The average Bonchev–Trinajstić information content (AvgIpc) is 2.62. The van der Waals surface area contributed by atoms with E-state index in [-0.39, 0.29) is 0 Å². The second kappa shape index (κ2) is 14.7. The Morgan fingerprint density at radius 1 is 0.714 bits per heavy atom. The molecule has 0 amide bonds. The molecular weight excluding hydrogens is 425 g/mol. The molecule has 8 heteroatoms. The summed E-state index contributed by atoms with van der Waals surface area (Å²) < 4.78 is 0. The monoisotopic (exact) mass is 454 g/mol. The normalized spacial score (nSPS) is 10.1. The van der Waals surface area contributed by atoms with E-state index < -0.39 is 0 Å². The van der Waals surface area contributed by atoms with Gasteiger partial charge in [-0.25, -0.2) is 0 Å². The summed E-state index contributed by atoms with van der Waals surface area (Å²) in [5, 5.41) is 12.9. The van der Waals surface area contributed by atoms with Crippen LogP contribution in [0.5, 0.6) is 0 Å². The first-order chi connectivity index (χ1) is 13.4. The highest BCUT2D eigenvalue weighted by molar-refractivity contribution is 7.82. The lowest BCUT2D eigenvalue weighted by Crippen LogP contribution is -2.27. The molecule has 0 atom stereocenters. The van der Waals surface area contributed by atoms with E-state index in [1.165, 1.54) is 0 Å². The highest BCUT2D eigenvalue weighted by atomic mass is 32.1. The molecule has 0 aromatic heterocycles. The molecule has 1 rings (SSSR count). The summed E-state index contributed by atoms with van der Waals surface area (Å²) in [5.41, 5.74) is 1.80. The lowest BCUT2D eigenvalue weighted by molar-refractivity contribution is 0.756. The lowest BCUT2D eigenvalue weighted by atomic mass is 10.2. The maximum absolute atomic E-state index is 5.42. The molecule has 0 unspecified atom stereocenters. The number of benzene rings is 1. The molecule has 0 radical (unpaired) electrons. The van der Waals surface area contributed by atoms with Gasteiger partial charge >= 0.3 is 0 Å². The van der Waals surface area contributed by atoms with Gasteiger partial charge in [0.1, 0.15) is 0 Å². The molecule has 0 saturated heterocycles. The highest BCUT2D eigenvalue weighted by Gasteiger charge is 2.06. The predicted molar refractivity (Wildman–Crippen MR) is 139 cm³/mol. The smallest absolute Gasteiger partial charge is 0.0865 e. The molecule has 0 spiro atoms. The zero-order chi connectivity index (χ0) is 20.8. The molecule has 4 nitrogen and oxygen atoms in total. The third kappa shape index (κ3) is 11.6. The predicted octanol–water partition coefficient (Wildman–Crippen LogP) is 5.38. The summed E-state index contributed by atoms with van der Waals surface area (Å²) in [6.07, 6.45) is 5.57. The molecule has 0 aliphatic heterocycles. The van der Waals surface area contributed by atoms with E-state index in [2.05, 4.69) is 35.1 Å². The van der Waals surface area contributed by atoms with Gasteiger partial charge in [0.2, 0.25) is 0 Å². The Morgan fingerprint density at radius 3 is 1.54 bits per heavy atom. The lowest BCUT2D eigenvalue weighted by Gasteiger charge is -2.13. The molecule has 28 heavy (non-hydrogen) atoms. The standard InChI is InChI=1S/C20H30N4S4/c1-3-5-10-21-17(25)13-19(27)23-15-8-7-9-16(12-15)24-20(28)14-18(26)22-11-6-4-2/h7-9,12H,3-6,10-11,13-14H2,1-2H3,(H,21,25)(H,22,26)(H,23,27)(H,24,28). The van der Waals surface area contributed by atoms with Crippen molar-refractivity contribution in [2.24, 2.45) is 0 Å². The van der Waals surface area contributed by atoms with Crippen molar-refractivity contribution in [1.29, 1.82) is 0 Å². The van der Waals surface area contributed by atoms with Gasteiger partial charge in [0.05, 0.1) is 20.0 Å². The third-order valence-corrected chi connectivity index (χ3v) is 4.85. The van der Waals surface area contributed by atoms with Gasteiger partial charge in [-0.15, -0.1) is 0 Å². The Balaban J connectivity index is 2.46. The Hall–Kier alpha value is -1.22. The summed E-state index contributed by atoms with van der Waals surface area (Å²) in [6.45, 7) is 6.09. The highest BCUT2D eigenvalue weighted by Crippen LogP contribution is 2.16. The maximum Gasteiger partial charge on any atom is 0.0865 e. The van der Waals surface area contributed by atoms with Crippen LogP contribution in [0, 0.1) is 0 Å². The first kappa shape index (κ1) is 24.8. The number of thiocarbonyl (C=S) groups is 4. The van der Waals surface area contributed by atoms with Gasteiger partial charge in [0.25, 0.3) is 0 Å². The number of unbranched alkanes of at least 4 members (excludes halogenated alkanes) is 2. The van der Waals surface area contributed by atoms with Crippen LogP contribution in [0.4, 0.5) is 11.4 Å². The maximum atomic E-state index is 5.42. The molecule has 0 fully saturated rings. The summed E-state index contributed by atoms with van der Waals surface area (Å²) in [4.78, 5) is 2.92. The summed E-state index contributed by atoms with van der Waals surface area (Å²) in [7, 11) is 0. The summed E-state index contributed by atoms with van der Waals surface area (Å²) in [5.74, 6) is 0. The minimum Gasteiger partial charge on any atom is -0.379 e. The van der Waals surface area contributed by atoms with Crippen LogP contribution in [0.3, 0.4) is 0 Å². The number of hydrogen-bond donors (Lipinski definition) is 4. The Labute approximate surface area is 190 Å². The van der Waals surface area contributed by atoms with Crippen molar-refractivity contribution >= 4 is 80.2 Å². The van der Waals surface area contributed by atoms with E-state index in [4.69, 9.17) is 48.9 Å². The first-order valence-electron chi connectivity index (χ1n) is 9.67. The van der Waals surface area contributed by atoms with Crippen molar-refractivity contribution in [3.05, 3.63) is 24.3 Å². The van der Waals surface area contributed by atoms with Crippen LogP contribution in [0.15, 0.2) is 24.3 Å². The van der Waals surface area contributed by atoms with Crippen molar-refractivity contribution in [2.45, 2.75) is 52.4 Å². The fourth-order valence-corrected chi connectivity index (χ4v) is 3.51. The summed E-state index contributed by atoms with van der Waals surface area (Å²) >= 11 is 21.5. The van der Waals surface area contributed by atoms with E-state index >= 15 is 0 Å². The van der Waals surface area contributed by atoms with Crippen LogP contribution in [-0.4, -0.2) is 33.0 Å². The van der Waals surface area contributed by atoms with Crippen molar-refractivity contribution in [2.75, 3.05) is 23.7 Å². The van der Waals surface area contributed by atoms with Gasteiger partial charge in [0.15, 0.2) is 0 Å². The van der Waals surface area contributed by atoms with Crippen molar-refractivity contribution in [1.82, 2.24) is 10.6 Å². The van der Waals surface area contributed by atoms with Crippen molar-refractivity contribution in [3.63, 3.8) is 0 Å². The van der Waals surface area contributed by atoms with Crippen LogP contribution < -0.4 is 21.3 Å². The Kier molecular flexibility index (Phi) is 13.1. The van der Waals surface area contributed by atoms with E-state index in [0.717, 1.165) is 60.1 Å². The minimum absolute atomic E-state index is 0.544. The SMILES string of the molecule is CCCCNC(=S)CC(=S)Nc1cccc(NC(=S)CC(=S)NCCCC)c1. The van der Waals surface area contributed by atoms with E-state index in [0.29, 0.717) is 22.8 Å². The molecule has 0 aliphatic carbocycles. The Bertz CT molecular complexity index is 623. The molecular formula is C20H30N4S4. The van der Waals surface area contributed by atoms with E-state index in [1.54, 1.807) is 0 Å². The zero-order valence-corrected chi connectivity index (χ0v) is 19.9. The van der Waals surface area contributed by atoms with Crippen LogP contribution in [-0.2, 0) is 0 Å². The number of anilines is 2. The molecule has 1 aromatic carbocycles. The van der Waals surface area contributed by atoms with E-state index in [1.807, 2.05) is 24.3 Å². The summed E-state index contributed by atoms with van der Waals surface area (Å²) in [6, 6.07) is 7.85. The van der Waals surface area contributed by atoms with E-state index in [9.17, 15) is 0 Å². The van der Waals surface area contributed by atoms with Crippen LogP contribution in [0.25, 0.3) is 0 Å². The molecule has 0 bridgehead atoms. The molecule has 0 heterocycles. The quantitative estimate of drug-likeness (QED) is 0.248. The van der Waals surface area contributed by atoms with Crippen LogP contribution in [0.2, 0.25) is 0 Å². The second-order valence-electron chi connectivity index (χ2n) is 6.44. The third-order valence-electron chi connectivity index (χ3n) is 3.78. The fraction of sp³-hybridized carbons (Fsp3) is 0.500. The molecule has 0 saturated carbocycles. The Morgan fingerprint density at radius 2 is 1.14 bits per heavy atom. The molecule has 154 valence electrons. The van der Waals surface area contributed by atoms with Gasteiger partial charge in [-0.2, -0.15) is 0 Å². The minimum atomic E-state index is 0.544. The van der Waals surface area contributed by atoms with Crippen molar-refractivity contribution in [3.8, 4) is 0 Å². The van der Waals surface area contributed by atoms with Crippen molar-refractivity contribution < 1.29 is 0 Å². The molecule has 0 aliphatic rings. The number of hydrogen-bond acceptors (Lipinski definition) is 4. The van der Waals surface area contributed by atoms with Gasteiger partial charge in [-0.3, -0.25) is 0 Å². The fourth-order valence-electron chi connectivity index (χ4n) is 2.31.